The molecule has 0 bridgehead atoms. The second kappa shape index (κ2) is 10.6. The molecule has 6 nitrogen and oxygen atoms in total. The normalized spacial score (nSPS) is 10.5. The predicted molar refractivity (Wildman–Crippen MR) is 118 cm³/mol. The number of carbonyl (C=O) groups is 1. The van der Waals surface area contributed by atoms with Crippen LogP contribution in [0.2, 0.25) is 0 Å². The molecule has 0 saturated carbocycles. The molecule has 3 rings (SSSR count). The Labute approximate surface area is 180 Å². The van der Waals surface area contributed by atoms with Gasteiger partial charge in [0.25, 0.3) is 0 Å². The van der Waals surface area contributed by atoms with Gasteiger partial charge in [0.05, 0.1) is 32.4 Å². The minimum absolute atomic E-state index is 0.0774. The minimum atomic E-state index is -0.0774. The van der Waals surface area contributed by atoms with Gasteiger partial charge in [0, 0.05) is 17.5 Å². The lowest BCUT2D eigenvalue weighted by molar-refractivity contribution is -0.120. The number of nitrogens with one attached hydrogen (secondary N) is 1. The summed E-state index contributed by atoms with van der Waals surface area (Å²) in [5.41, 5.74) is 2.71. The molecule has 1 amide bonds. The van der Waals surface area contributed by atoms with Gasteiger partial charge in [0.1, 0.15) is 10.8 Å². The van der Waals surface area contributed by atoms with Gasteiger partial charge in [-0.05, 0) is 55.8 Å². The number of amides is 1. The van der Waals surface area contributed by atoms with E-state index in [1.165, 1.54) is 11.3 Å². The molecule has 3 aromatic rings. The van der Waals surface area contributed by atoms with Crippen LogP contribution in [-0.4, -0.2) is 31.2 Å². The van der Waals surface area contributed by atoms with Crippen LogP contribution in [0.3, 0.4) is 0 Å². The van der Waals surface area contributed by atoms with E-state index in [-0.39, 0.29) is 12.3 Å². The molecule has 158 valence electrons. The Kier molecular flexibility index (Phi) is 7.68. The summed E-state index contributed by atoms with van der Waals surface area (Å²) < 4.78 is 16.3. The molecular weight excluding hydrogens is 400 g/mol. The van der Waals surface area contributed by atoms with Crippen molar-refractivity contribution in [1.82, 2.24) is 10.3 Å². The van der Waals surface area contributed by atoms with E-state index in [0.717, 1.165) is 27.6 Å². The monoisotopic (exact) mass is 426 g/mol. The summed E-state index contributed by atoms with van der Waals surface area (Å²) in [6, 6.07) is 13.5. The summed E-state index contributed by atoms with van der Waals surface area (Å²) in [6.07, 6.45) is 0.238. The third-order valence-electron chi connectivity index (χ3n) is 4.32. The summed E-state index contributed by atoms with van der Waals surface area (Å²) in [4.78, 5) is 16.9. The number of aromatic nitrogens is 1. The second-order valence-corrected chi connectivity index (χ2v) is 7.33. The first-order valence-electron chi connectivity index (χ1n) is 9.87. The Morgan fingerprint density at radius 3 is 2.50 bits per heavy atom. The van der Waals surface area contributed by atoms with Crippen molar-refractivity contribution in [1.29, 1.82) is 0 Å². The van der Waals surface area contributed by atoms with E-state index in [0.29, 0.717) is 31.3 Å². The molecule has 7 heteroatoms. The molecule has 1 heterocycles. The molecule has 0 aliphatic heterocycles. The molecule has 0 fully saturated rings. The van der Waals surface area contributed by atoms with Crippen LogP contribution in [0.4, 0.5) is 0 Å². The molecule has 0 radical (unpaired) electrons. The average Bonchev–Trinajstić information content (AvgIpc) is 3.22. The number of methoxy groups -OCH3 is 1. The van der Waals surface area contributed by atoms with Gasteiger partial charge in [-0.1, -0.05) is 6.07 Å². The van der Waals surface area contributed by atoms with Crippen molar-refractivity contribution < 1.29 is 19.0 Å². The van der Waals surface area contributed by atoms with Gasteiger partial charge in [0.15, 0.2) is 11.5 Å². The third-order valence-corrected chi connectivity index (χ3v) is 5.26. The molecule has 0 atom stereocenters. The largest absolute Gasteiger partial charge is 0.494 e. The van der Waals surface area contributed by atoms with E-state index in [1.807, 2.05) is 61.7 Å². The van der Waals surface area contributed by atoms with Crippen molar-refractivity contribution in [2.45, 2.75) is 26.8 Å². The average molecular weight is 427 g/mol. The number of carbonyl (C=O) groups excluding carboxylic acids is 1. The van der Waals surface area contributed by atoms with Crippen molar-refractivity contribution in [2.75, 3.05) is 20.3 Å². The maximum atomic E-state index is 12.4. The van der Waals surface area contributed by atoms with Crippen molar-refractivity contribution in [3.63, 3.8) is 0 Å². The highest BCUT2D eigenvalue weighted by atomic mass is 32.1. The Hall–Kier alpha value is -3.06. The van der Waals surface area contributed by atoms with Gasteiger partial charge < -0.3 is 19.5 Å². The summed E-state index contributed by atoms with van der Waals surface area (Å²) in [7, 11) is 1.60. The van der Waals surface area contributed by atoms with Crippen LogP contribution < -0.4 is 19.5 Å². The maximum Gasteiger partial charge on any atom is 0.226 e. The minimum Gasteiger partial charge on any atom is -0.494 e. The van der Waals surface area contributed by atoms with Gasteiger partial charge in [-0.3, -0.25) is 4.79 Å². The molecule has 30 heavy (non-hydrogen) atoms. The Morgan fingerprint density at radius 1 is 1.03 bits per heavy atom. The standard InChI is InChI=1S/C23H26N2O4S/c1-4-28-19-9-7-17(8-10-19)23-25-18(15-30-23)13-22(26)24-14-16-6-11-20(29-5-2)21(12-16)27-3/h6-12,15H,4-5,13-14H2,1-3H3,(H,24,26). The molecule has 2 aromatic carbocycles. The highest BCUT2D eigenvalue weighted by Crippen LogP contribution is 2.28. The molecule has 0 saturated heterocycles. The topological polar surface area (TPSA) is 69.7 Å². The van der Waals surface area contributed by atoms with Crippen LogP contribution in [0.5, 0.6) is 17.2 Å². The fraction of sp³-hybridized carbons (Fsp3) is 0.304. The molecular formula is C23H26N2O4S. The zero-order chi connectivity index (χ0) is 21.3. The van der Waals surface area contributed by atoms with E-state index in [4.69, 9.17) is 14.2 Å². The smallest absolute Gasteiger partial charge is 0.226 e. The van der Waals surface area contributed by atoms with Gasteiger partial charge in [-0.15, -0.1) is 11.3 Å². The molecule has 0 unspecified atom stereocenters. The first-order chi connectivity index (χ1) is 14.6. The summed E-state index contributed by atoms with van der Waals surface area (Å²) in [5, 5.41) is 5.74. The third kappa shape index (κ3) is 5.73. The first kappa shape index (κ1) is 21.6. The van der Waals surface area contributed by atoms with Gasteiger partial charge in [-0.25, -0.2) is 4.98 Å². The highest BCUT2D eigenvalue weighted by Gasteiger charge is 2.11. The predicted octanol–water partition coefficient (Wildman–Crippen LogP) is 4.48. The zero-order valence-electron chi connectivity index (χ0n) is 17.4. The van der Waals surface area contributed by atoms with Crippen LogP contribution in [0, 0.1) is 0 Å². The van der Waals surface area contributed by atoms with E-state index >= 15 is 0 Å². The lowest BCUT2D eigenvalue weighted by atomic mass is 10.2. The maximum absolute atomic E-state index is 12.4. The number of nitrogens with zero attached hydrogens (tertiary/aromatic N) is 1. The van der Waals surface area contributed by atoms with E-state index in [1.54, 1.807) is 7.11 Å². The van der Waals surface area contributed by atoms with Crippen molar-refractivity contribution >= 4 is 17.2 Å². The number of hydrogen-bond donors (Lipinski definition) is 1. The van der Waals surface area contributed by atoms with Crippen molar-refractivity contribution in [2.24, 2.45) is 0 Å². The SMILES string of the molecule is CCOc1ccc(-c2nc(CC(=O)NCc3ccc(OCC)c(OC)c3)cs2)cc1. The summed E-state index contributed by atoms with van der Waals surface area (Å²) >= 11 is 1.53. The molecule has 0 aliphatic rings. The summed E-state index contributed by atoms with van der Waals surface area (Å²) in [5.74, 6) is 2.11. The fourth-order valence-corrected chi connectivity index (χ4v) is 3.73. The lowest BCUT2D eigenvalue weighted by Crippen LogP contribution is -2.24. The lowest BCUT2D eigenvalue weighted by Gasteiger charge is -2.11. The van der Waals surface area contributed by atoms with Crippen molar-refractivity contribution in [3.05, 3.63) is 59.1 Å². The number of hydrogen-bond acceptors (Lipinski definition) is 6. The van der Waals surface area contributed by atoms with Gasteiger partial charge >= 0.3 is 0 Å². The van der Waals surface area contributed by atoms with Crippen LogP contribution in [-0.2, 0) is 17.8 Å². The molecule has 0 spiro atoms. The molecule has 1 aromatic heterocycles. The molecule has 0 aliphatic carbocycles. The fourth-order valence-electron chi connectivity index (χ4n) is 2.91. The van der Waals surface area contributed by atoms with E-state index in [2.05, 4.69) is 10.3 Å². The van der Waals surface area contributed by atoms with Crippen LogP contribution in [0.25, 0.3) is 10.6 Å². The Bertz CT molecular complexity index is 970. The van der Waals surface area contributed by atoms with E-state index < -0.39 is 0 Å². The number of benzene rings is 2. The zero-order valence-corrected chi connectivity index (χ0v) is 18.3. The van der Waals surface area contributed by atoms with Crippen LogP contribution in [0.15, 0.2) is 47.8 Å². The Balaban J connectivity index is 1.55. The van der Waals surface area contributed by atoms with Gasteiger partial charge in [-0.2, -0.15) is 0 Å². The van der Waals surface area contributed by atoms with Gasteiger partial charge in [0.2, 0.25) is 5.91 Å². The van der Waals surface area contributed by atoms with Crippen LogP contribution in [0.1, 0.15) is 25.1 Å². The first-order valence-corrected chi connectivity index (χ1v) is 10.7. The highest BCUT2D eigenvalue weighted by molar-refractivity contribution is 7.13. The number of ether oxygens (including phenoxy) is 3. The quantitative estimate of drug-likeness (QED) is 0.518. The van der Waals surface area contributed by atoms with Crippen LogP contribution >= 0.6 is 11.3 Å². The number of rotatable bonds is 10. The Morgan fingerprint density at radius 2 is 1.80 bits per heavy atom. The second-order valence-electron chi connectivity index (χ2n) is 6.47. The summed E-state index contributed by atoms with van der Waals surface area (Å²) in [6.45, 7) is 5.50. The van der Waals surface area contributed by atoms with Crippen molar-refractivity contribution in [3.8, 4) is 27.8 Å². The molecule has 1 N–H and O–H groups in total. The number of thiazole rings is 1. The van der Waals surface area contributed by atoms with E-state index in [9.17, 15) is 4.79 Å².